The summed E-state index contributed by atoms with van der Waals surface area (Å²) in [4.78, 5) is 38.3. The number of alkyl carbamates (subject to hydrolysis) is 1. The zero-order chi connectivity index (χ0) is 24.5. The van der Waals surface area contributed by atoms with E-state index in [0.717, 1.165) is 22.3 Å². The number of hydrogen-bond acceptors (Lipinski definition) is 5. The number of nitrogens with one attached hydrogen (secondary N) is 1. The maximum absolute atomic E-state index is 13.1. The van der Waals surface area contributed by atoms with Gasteiger partial charge in [-0.3, -0.25) is 9.59 Å². The lowest BCUT2D eigenvalue weighted by Gasteiger charge is -2.27. The summed E-state index contributed by atoms with van der Waals surface area (Å²) in [5.74, 6) is -1.40. The molecule has 8 nitrogen and oxygen atoms in total. The minimum absolute atomic E-state index is 0.0812. The van der Waals surface area contributed by atoms with E-state index in [9.17, 15) is 14.4 Å². The van der Waals surface area contributed by atoms with Gasteiger partial charge in [-0.1, -0.05) is 55.5 Å². The van der Waals surface area contributed by atoms with Crippen molar-refractivity contribution >= 4 is 18.0 Å². The molecule has 2 N–H and O–H groups in total. The Morgan fingerprint density at radius 3 is 2.21 bits per heavy atom. The van der Waals surface area contributed by atoms with E-state index in [1.807, 2.05) is 43.3 Å². The van der Waals surface area contributed by atoms with Gasteiger partial charge in [0.05, 0.1) is 6.42 Å². The molecule has 0 spiro atoms. The Labute approximate surface area is 199 Å². The van der Waals surface area contributed by atoms with Crippen molar-refractivity contribution in [1.82, 2.24) is 10.2 Å². The van der Waals surface area contributed by atoms with Crippen LogP contribution >= 0.6 is 0 Å². The Balaban J connectivity index is 1.67. The summed E-state index contributed by atoms with van der Waals surface area (Å²) in [6, 6.07) is 15.3. The van der Waals surface area contributed by atoms with E-state index in [1.54, 1.807) is 0 Å². The molecule has 0 aliphatic heterocycles. The molecule has 8 heteroatoms. The van der Waals surface area contributed by atoms with Crippen molar-refractivity contribution in [2.45, 2.75) is 38.1 Å². The Morgan fingerprint density at radius 2 is 1.65 bits per heavy atom. The summed E-state index contributed by atoms with van der Waals surface area (Å²) in [6.45, 7) is 2.80. The third kappa shape index (κ3) is 6.14. The Hall–Kier alpha value is -3.39. The number of ether oxygens (including phenoxy) is 2. The molecule has 1 unspecified atom stereocenters. The summed E-state index contributed by atoms with van der Waals surface area (Å²) >= 11 is 0. The Morgan fingerprint density at radius 1 is 1.03 bits per heavy atom. The monoisotopic (exact) mass is 468 g/mol. The van der Waals surface area contributed by atoms with Gasteiger partial charge in [0, 0.05) is 39.1 Å². The van der Waals surface area contributed by atoms with E-state index >= 15 is 0 Å². The van der Waals surface area contributed by atoms with Crippen molar-refractivity contribution < 1.29 is 29.0 Å². The highest BCUT2D eigenvalue weighted by Crippen LogP contribution is 2.44. The van der Waals surface area contributed by atoms with Crippen LogP contribution in [0.1, 0.15) is 43.2 Å². The van der Waals surface area contributed by atoms with E-state index in [4.69, 9.17) is 14.6 Å². The predicted molar refractivity (Wildman–Crippen MR) is 128 cm³/mol. The second-order valence-corrected chi connectivity index (χ2v) is 8.27. The molecule has 0 radical (unpaired) electrons. The molecule has 1 aliphatic carbocycles. The topological polar surface area (TPSA) is 105 Å². The first kappa shape index (κ1) is 25.2. The highest BCUT2D eigenvalue weighted by Gasteiger charge is 2.30. The molecule has 0 bridgehead atoms. The van der Waals surface area contributed by atoms with Crippen LogP contribution < -0.4 is 5.32 Å². The number of hydrogen-bond donors (Lipinski definition) is 2. The third-order valence-corrected chi connectivity index (χ3v) is 5.95. The van der Waals surface area contributed by atoms with Gasteiger partial charge in [0.1, 0.15) is 12.6 Å². The van der Waals surface area contributed by atoms with Gasteiger partial charge in [0.25, 0.3) is 0 Å². The molecule has 0 aromatic heterocycles. The van der Waals surface area contributed by atoms with Crippen molar-refractivity contribution in [1.29, 1.82) is 0 Å². The van der Waals surface area contributed by atoms with E-state index in [0.29, 0.717) is 13.0 Å². The number of fused-ring (bicyclic) bond motifs is 3. The van der Waals surface area contributed by atoms with Gasteiger partial charge in [0.2, 0.25) is 5.91 Å². The van der Waals surface area contributed by atoms with E-state index < -0.39 is 18.1 Å². The van der Waals surface area contributed by atoms with Crippen LogP contribution in [0.4, 0.5) is 4.79 Å². The fraction of sp³-hybridized carbons (Fsp3) is 0.423. The van der Waals surface area contributed by atoms with Crippen molar-refractivity contribution in [2.24, 2.45) is 0 Å². The van der Waals surface area contributed by atoms with Gasteiger partial charge in [-0.2, -0.15) is 0 Å². The SMILES string of the molecule is CCCN(CCC(=O)O)C(=O)C(CCOC)NC(=O)OCC1c2ccccc2-c2ccccc21. The average molecular weight is 469 g/mol. The van der Waals surface area contributed by atoms with Crippen molar-refractivity contribution in [3.8, 4) is 11.1 Å². The van der Waals surface area contributed by atoms with Gasteiger partial charge in [-0.15, -0.1) is 0 Å². The normalized spacial score (nSPS) is 13.0. The molecule has 1 atom stereocenters. The first-order valence-corrected chi connectivity index (χ1v) is 11.6. The van der Waals surface area contributed by atoms with E-state index in [2.05, 4.69) is 17.4 Å². The molecule has 2 aromatic carbocycles. The second-order valence-electron chi connectivity index (χ2n) is 8.27. The molecule has 2 aromatic rings. The summed E-state index contributed by atoms with van der Waals surface area (Å²) in [7, 11) is 1.52. The molecule has 2 amide bonds. The molecular weight excluding hydrogens is 436 g/mol. The first-order chi connectivity index (χ1) is 16.5. The van der Waals surface area contributed by atoms with Crippen molar-refractivity contribution in [3.63, 3.8) is 0 Å². The van der Waals surface area contributed by atoms with E-state index in [-0.39, 0.29) is 44.4 Å². The Kier molecular flexibility index (Phi) is 9.04. The zero-order valence-corrected chi connectivity index (χ0v) is 19.7. The maximum atomic E-state index is 13.1. The molecule has 1 aliphatic rings. The summed E-state index contributed by atoms with van der Waals surface area (Å²) in [5, 5.41) is 11.7. The summed E-state index contributed by atoms with van der Waals surface area (Å²) in [5.41, 5.74) is 4.47. The van der Waals surface area contributed by atoms with Gasteiger partial charge in [0.15, 0.2) is 0 Å². The fourth-order valence-corrected chi connectivity index (χ4v) is 4.33. The van der Waals surface area contributed by atoms with Crippen LogP contribution in [0.5, 0.6) is 0 Å². The van der Waals surface area contributed by atoms with Crippen molar-refractivity contribution in [2.75, 3.05) is 33.4 Å². The lowest BCUT2D eigenvalue weighted by Crippen LogP contribution is -2.50. The van der Waals surface area contributed by atoms with E-state index in [1.165, 1.54) is 12.0 Å². The van der Waals surface area contributed by atoms with Crippen LogP contribution in [0.3, 0.4) is 0 Å². The molecule has 182 valence electrons. The standard InChI is InChI=1S/C26H32N2O6/c1-3-14-28(15-12-24(29)30)25(31)23(13-16-33-2)27-26(32)34-17-22-20-10-6-4-8-18(20)19-9-5-7-11-21(19)22/h4-11,22-23H,3,12-17H2,1-2H3,(H,27,32)(H,29,30). The number of benzene rings is 2. The van der Waals surface area contributed by atoms with Crippen molar-refractivity contribution in [3.05, 3.63) is 59.7 Å². The third-order valence-electron chi connectivity index (χ3n) is 5.95. The van der Waals surface area contributed by atoms with Gasteiger partial charge >= 0.3 is 12.1 Å². The van der Waals surface area contributed by atoms with Gasteiger partial charge in [-0.05, 0) is 28.7 Å². The minimum Gasteiger partial charge on any atom is -0.481 e. The number of carboxylic acid groups (broad SMARTS) is 1. The van der Waals surface area contributed by atoms with Crippen LogP contribution in [0.2, 0.25) is 0 Å². The highest BCUT2D eigenvalue weighted by atomic mass is 16.5. The van der Waals surface area contributed by atoms with Crippen LogP contribution in [-0.4, -0.2) is 67.4 Å². The quantitative estimate of drug-likeness (QED) is 0.493. The average Bonchev–Trinajstić information content (AvgIpc) is 3.16. The summed E-state index contributed by atoms with van der Waals surface area (Å²) in [6.07, 6.45) is 0.0827. The molecule has 0 fully saturated rings. The molecule has 0 heterocycles. The zero-order valence-electron chi connectivity index (χ0n) is 19.7. The van der Waals surface area contributed by atoms with Gasteiger partial charge in [-0.25, -0.2) is 4.79 Å². The number of methoxy groups -OCH3 is 1. The highest BCUT2D eigenvalue weighted by molar-refractivity contribution is 5.86. The van der Waals surface area contributed by atoms with Crippen LogP contribution in [-0.2, 0) is 19.1 Å². The number of carbonyl (C=O) groups excluding carboxylic acids is 2. The lowest BCUT2D eigenvalue weighted by molar-refractivity contribution is -0.139. The summed E-state index contributed by atoms with van der Waals surface area (Å²) < 4.78 is 10.7. The lowest BCUT2D eigenvalue weighted by atomic mass is 9.98. The number of amides is 2. The predicted octanol–water partition coefficient (Wildman–Crippen LogP) is 3.64. The number of carbonyl (C=O) groups is 3. The Bertz CT molecular complexity index is 963. The smallest absolute Gasteiger partial charge is 0.407 e. The number of rotatable bonds is 12. The number of aliphatic carboxylic acids is 1. The first-order valence-electron chi connectivity index (χ1n) is 11.6. The maximum Gasteiger partial charge on any atom is 0.407 e. The largest absolute Gasteiger partial charge is 0.481 e. The molecule has 0 saturated heterocycles. The number of carboxylic acids is 1. The van der Waals surface area contributed by atoms with Crippen LogP contribution in [0.25, 0.3) is 11.1 Å². The molecule has 34 heavy (non-hydrogen) atoms. The minimum atomic E-state index is -0.980. The second kappa shape index (κ2) is 12.2. The number of nitrogens with zero attached hydrogens (tertiary/aromatic N) is 1. The molecule has 0 saturated carbocycles. The molecule has 3 rings (SSSR count). The fourth-order valence-electron chi connectivity index (χ4n) is 4.33. The van der Waals surface area contributed by atoms with Crippen LogP contribution in [0.15, 0.2) is 48.5 Å². The molecular formula is C26H32N2O6. The van der Waals surface area contributed by atoms with Gasteiger partial charge < -0.3 is 24.8 Å². The van der Waals surface area contributed by atoms with Crippen LogP contribution in [0, 0.1) is 0 Å².